The first-order valence-corrected chi connectivity index (χ1v) is 7.20. The van der Waals surface area contributed by atoms with Crippen LogP contribution in [-0.2, 0) is 11.2 Å². The molecule has 0 aliphatic heterocycles. The molecule has 2 aromatic rings. The Balaban J connectivity index is 1.89. The molecule has 0 amide bonds. The predicted octanol–water partition coefficient (Wildman–Crippen LogP) is 3.77. The van der Waals surface area contributed by atoms with E-state index in [1.165, 1.54) is 28.2 Å². The van der Waals surface area contributed by atoms with Gasteiger partial charge in [0.2, 0.25) is 4.38 Å². The molecule has 1 aromatic heterocycles. The van der Waals surface area contributed by atoms with Gasteiger partial charge in [-0.25, -0.2) is 0 Å². The Bertz CT molecular complexity index is 507. The van der Waals surface area contributed by atoms with Gasteiger partial charge in [0.1, 0.15) is 0 Å². The maximum absolute atomic E-state index is 5.39. The molecular formula is C13H15NOS2. The van der Waals surface area contributed by atoms with Crippen LogP contribution in [0.15, 0.2) is 30.5 Å². The van der Waals surface area contributed by atoms with Crippen molar-refractivity contribution >= 4 is 39.3 Å². The van der Waals surface area contributed by atoms with Gasteiger partial charge < -0.3 is 9.72 Å². The van der Waals surface area contributed by atoms with Crippen LogP contribution in [0, 0.1) is 0 Å². The molecule has 1 heterocycles. The van der Waals surface area contributed by atoms with Crippen molar-refractivity contribution in [1.82, 2.24) is 4.98 Å². The SMILES string of the molecule is CSC(=S)OCCCc1c[nH]c2ccccc12. The minimum atomic E-state index is 0.629. The van der Waals surface area contributed by atoms with Crippen LogP contribution >= 0.6 is 24.0 Å². The zero-order valence-corrected chi connectivity index (χ0v) is 11.4. The molecule has 17 heavy (non-hydrogen) atoms. The van der Waals surface area contributed by atoms with Gasteiger partial charge in [-0.2, -0.15) is 0 Å². The van der Waals surface area contributed by atoms with Crippen molar-refractivity contribution in [2.45, 2.75) is 12.8 Å². The van der Waals surface area contributed by atoms with Gasteiger partial charge in [-0.1, -0.05) is 30.0 Å². The molecule has 4 heteroatoms. The fourth-order valence-corrected chi connectivity index (χ4v) is 2.10. The normalized spacial score (nSPS) is 10.6. The smallest absolute Gasteiger partial charge is 0.219 e. The number of nitrogens with one attached hydrogen (secondary N) is 1. The van der Waals surface area contributed by atoms with Gasteiger partial charge >= 0.3 is 0 Å². The number of aryl methyl sites for hydroxylation is 1. The van der Waals surface area contributed by atoms with Gasteiger partial charge in [-0.05, 0) is 42.9 Å². The average molecular weight is 265 g/mol. The van der Waals surface area contributed by atoms with Crippen molar-refractivity contribution in [1.29, 1.82) is 0 Å². The van der Waals surface area contributed by atoms with Gasteiger partial charge in [-0.15, -0.1) is 0 Å². The topological polar surface area (TPSA) is 25.0 Å². The summed E-state index contributed by atoms with van der Waals surface area (Å²) in [6.45, 7) is 0.694. The minimum Gasteiger partial charge on any atom is -0.479 e. The highest BCUT2D eigenvalue weighted by Crippen LogP contribution is 2.18. The third-order valence-corrected chi connectivity index (χ3v) is 3.72. The number of H-pyrrole nitrogens is 1. The molecule has 0 aliphatic rings. The van der Waals surface area contributed by atoms with Crippen LogP contribution in [-0.4, -0.2) is 22.2 Å². The molecule has 0 spiro atoms. The molecule has 0 bridgehead atoms. The number of aromatic amines is 1. The van der Waals surface area contributed by atoms with E-state index in [2.05, 4.69) is 29.4 Å². The van der Waals surface area contributed by atoms with Crippen molar-refractivity contribution in [3.63, 3.8) is 0 Å². The van der Waals surface area contributed by atoms with Crippen LogP contribution in [0.25, 0.3) is 10.9 Å². The lowest BCUT2D eigenvalue weighted by Crippen LogP contribution is -1.99. The van der Waals surface area contributed by atoms with E-state index in [0.717, 1.165) is 12.8 Å². The number of fused-ring (bicyclic) bond motifs is 1. The van der Waals surface area contributed by atoms with Crippen molar-refractivity contribution in [2.24, 2.45) is 0 Å². The Morgan fingerprint density at radius 2 is 2.24 bits per heavy atom. The van der Waals surface area contributed by atoms with E-state index in [1.807, 2.05) is 12.3 Å². The second-order valence-corrected chi connectivity index (χ2v) is 5.17. The maximum atomic E-state index is 5.39. The third kappa shape index (κ3) is 3.23. The Hall–Kier alpha value is -1.00. The molecule has 0 unspecified atom stereocenters. The van der Waals surface area contributed by atoms with Gasteiger partial charge in [0.25, 0.3) is 0 Å². The summed E-state index contributed by atoms with van der Waals surface area (Å²) in [6, 6.07) is 8.36. The number of ether oxygens (including phenoxy) is 1. The highest BCUT2D eigenvalue weighted by atomic mass is 32.2. The minimum absolute atomic E-state index is 0.629. The van der Waals surface area contributed by atoms with Crippen LogP contribution in [0.5, 0.6) is 0 Å². The average Bonchev–Trinajstić information content (AvgIpc) is 2.78. The van der Waals surface area contributed by atoms with Crippen LogP contribution in [0.4, 0.5) is 0 Å². The zero-order chi connectivity index (χ0) is 12.1. The fraction of sp³-hybridized carbons (Fsp3) is 0.308. The number of thioether (sulfide) groups is 1. The summed E-state index contributed by atoms with van der Waals surface area (Å²) in [5.41, 5.74) is 2.54. The van der Waals surface area contributed by atoms with Crippen LogP contribution in [0.2, 0.25) is 0 Å². The van der Waals surface area contributed by atoms with Crippen LogP contribution in [0.1, 0.15) is 12.0 Å². The number of thiocarbonyl (C=S) groups is 1. The molecule has 90 valence electrons. The van der Waals surface area contributed by atoms with Crippen molar-refractivity contribution in [3.05, 3.63) is 36.0 Å². The van der Waals surface area contributed by atoms with Crippen LogP contribution in [0.3, 0.4) is 0 Å². The first-order chi connectivity index (χ1) is 8.31. The number of benzene rings is 1. The summed E-state index contributed by atoms with van der Waals surface area (Å²) in [5, 5.41) is 1.31. The molecule has 1 N–H and O–H groups in total. The highest BCUT2D eigenvalue weighted by Gasteiger charge is 2.02. The molecule has 0 atom stereocenters. The Morgan fingerprint density at radius 1 is 1.41 bits per heavy atom. The van der Waals surface area contributed by atoms with E-state index in [1.54, 1.807) is 0 Å². The molecule has 1 aromatic carbocycles. The summed E-state index contributed by atoms with van der Waals surface area (Å²) in [7, 11) is 0. The second-order valence-electron chi connectivity index (χ2n) is 3.77. The second kappa shape index (κ2) is 6.07. The van der Waals surface area contributed by atoms with E-state index >= 15 is 0 Å². The molecule has 2 rings (SSSR count). The highest BCUT2D eigenvalue weighted by molar-refractivity contribution is 8.22. The Morgan fingerprint density at radius 3 is 3.06 bits per heavy atom. The summed E-state index contributed by atoms with van der Waals surface area (Å²) in [4.78, 5) is 3.28. The van der Waals surface area contributed by atoms with Crippen molar-refractivity contribution in [3.8, 4) is 0 Å². The monoisotopic (exact) mass is 265 g/mol. The third-order valence-electron chi connectivity index (χ3n) is 2.65. The Labute approximate surface area is 111 Å². The van der Waals surface area contributed by atoms with Crippen LogP contribution < -0.4 is 0 Å². The number of para-hydroxylation sites is 1. The predicted molar refractivity (Wildman–Crippen MR) is 78.7 cm³/mol. The number of aromatic nitrogens is 1. The number of rotatable bonds is 4. The fourth-order valence-electron chi connectivity index (χ4n) is 1.82. The molecular weight excluding hydrogens is 250 g/mol. The van der Waals surface area contributed by atoms with E-state index in [4.69, 9.17) is 17.0 Å². The largest absolute Gasteiger partial charge is 0.479 e. The number of hydrogen-bond donors (Lipinski definition) is 1. The first-order valence-electron chi connectivity index (χ1n) is 5.57. The first kappa shape index (κ1) is 12.5. The van der Waals surface area contributed by atoms with E-state index < -0.39 is 0 Å². The Kier molecular flexibility index (Phi) is 4.45. The van der Waals surface area contributed by atoms with Crippen molar-refractivity contribution < 1.29 is 4.74 Å². The standard InChI is InChI=1S/C13H15NOS2/c1-17-13(16)15-8-4-5-10-9-14-12-7-3-2-6-11(10)12/h2-3,6-7,9,14H,4-5,8H2,1H3. The van der Waals surface area contributed by atoms with E-state index in [0.29, 0.717) is 11.0 Å². The molecule has 0 saturated carbocycles. The summed E-state index contributed by atoms with van der Waals surface area (Å²) in [5.74, 6) is 0. The molecule has 2 nitrogen and oxygen atoms in total. The lowest BCUT2D eigenvalue weighted by atomic mass is 10.1. The summed E-state index contributed by atoms with van der Waals surface area (Å²) >= 11 is 6.46. The van der Waals surface area contributed by atoms with Gasteiger partial charge in [0.15, 0.2) is 0 Å². The van der Waals surface area contributed by atoms with E-state index in [9.17, 15) is 0 Å². The molecule has 0 radical (unpaired) electrons. The maximum Gasteiger partial charge on any atom is 0.219 e. The van der Waals surface area contributed by atoms with Crippen molar-refractivity contribution in [2.75, 3.05) is 12.9 Å². The number of hydrogen-bond acceptors (Lipinski definition) is 3. The lowest BCUT2D eigenvalue weighted by molar-refractivity contribution is 0.315. The molecule has 0 fully saturated rings. The molecule has 0 saturated heterocycles. The van der Waals surface area contributed by atoms with Gasteiger partial charge in [0, 0.05) is 17.1 Å². The summed E-state index contributed by atoms with van der Waals surface area (Å²) < 4.78 is 6.01. The van der Waals surface area contributed by atoms with Gasteiger partial charge in [-0.3, -0.25) is 0 Å². The zero-order valence-electron chi connectivity index (χ0n) is 9.73. The van der Waals surface area contributed by atoms with Gasteiger partial charge in [0.05, 0.1) is 6.61 Å². The molecule has 0 aliphatic carbocycles. The lowest BCUT2D eigenvalue weighted by Gasteiger charge is -2.04. The summed E-state index contributed by atoms with van der Waals surface area (Å²) in [6.07, 6.45) is 6.02. The van der Waals surface area contributed by atoms with E-state index in [-0.39, 0.29) is 0 Å². The quantitative estimate of drug-likeness (QED) is 0.673.